The lowest BCUT2D eigenvalue weighted by Crippen LogP contribution is -2.28. The van der Waals surface area contributed by atoms with Crippen molar-refractivity contribution in [1.29, 1.82) is 0 Å². The molecule has 10 heteroatoms. The van der Waals surface area contributed by atoms with Gasteiger partial charge in [0.05, 0.1) is 23.2 Å². The van der Waals surface area contributed by atoms with Crippen molar-refractivity contribution in [3.63, 3.8) is 0 Å². The molecule has 0 spiro atoms. The molecule has 48 heavy (non-hydrogen) atoms. The number of pyridine rings is 2. The van der Waals surface area contributed by atoms with Gasteiger partial charge in [-0.15, -0.1) is 11.8 Å². The van der Waals surface area contributed by atoms with Gasteiger partial charge in [-0.25, -0.2) is 0 Å². The molecule has 252 valence electrons. The van der Waals surface area contributed by atoms with Crippen LogP contribution in [-0.2, 0) is 30.8 Å². The zero-order valence-corrected chi connectivity index (χ0v) is 28.8. The van der Waals surface area contributed by atoms with Gasteiger partial charge in [-0.3, -0.25) is 14.8 Å². The first-order valence-corrected chi connectivity index (χ1v) is 16.5. The number of aromatic nitrogens is 3. The van der Waals surface area contributed by atoms with E-state index in [0.29, 0.717) is 31.0 Å². The topological polar surface area (TPSA) is 77.2 Å². The van der Waals surface area contributed by atoms with E-state index < -0.39 is 24.0 Å². The fourth-order valence-electron chi connectivity index (χ4n) is 5.45. The molecular weight excluding hydrogens is 635 g/mol. The third-order valence-electron chi connectivity index (χ3n) is 7.87. The highest BCUT2D eigenvalue weighted by Crippen LogP contribution is 2.44. The Kier molecular flexibility index (Phi) is 9.97. The Balaban J connectivity index is 1.53. The number of alkyl halides is 3. The van der Waals surface area contributed by atoms with Crippen LogP contribution in [-0.4, -0.2) is 36.5 Å². The predicted molar refractivity (Wildman–Crippen MR) is 185 cm³/mol. The number of nitrogens with zero attached hydrogens (tertiary/aromatic N) is 3. The second-order valence-corrected chi connectivity index (χ2v) is 15.6. The zero-order valence-electron chi connectivity index (χ0n) is 28.0. The van der Waals surface area contributed by atoms with E-state index in [-0.39, 0.29) is 10.3 Å². The molecular formula is C38H40F3N3O3S. The number of carboxylic acids is 1. The summed E-state index contributed by atoms with van der Waals surface area (Å²) in [5.74, 6) is -0.181. The first-order valence-electron chi connectivity index (χ1n) is 15.7. The summed E-state index contributed by atoms with van der Waals surface area (Å²) in [6, 6.07) is 20.7. The van der Waals surface area contributed by atoms with Gasteiger partial charge in [-0.1, -0.05) is 51.1 Å². The van der Waals surface area contributed by atoms with Gasteiger partial charge in [0.1, 0.15) is 12.4 Å². The minimum absolute atomic E-state index is 0.114. The van der Waals surface area contributed by atoms with Crippen LogP contribution in [0.25, 0.3) is 22.2 Å². The second kappa shape index (κ2) is 13.7. The summed E-state index contributed by atoms with van der Waals surface area (Å²) in [6.45, 7) is 12.7. The van der Waals surface area contributed by atoms with Gasteiger partial charge in [0.15, 0.2) is 0 Å². The molecule has 0 fully saturated rings. The largest absolute Gasteiger partial charge is 0.487 e. The van der Waals surface area contributed by atoms with Crippen LogP contribution in [0.4, 0.5) is 13.2 Å². The number of halogens is 3. The van der Waals surface area contributed by atoms with Crippen molar-refractivity contribution in [2.24, 2.45) is 5.41 Å². The average Bonchev–Trinajstić information content (AvgIpc) is 3.25. The SMILES string of the molecule is Cc1ccnc(COc2ccc3c(c2)c(SC(C)(C)C)c(CC(C)(C)C(=O)O)n3Cc2ccc(-c3ccc(CC(F)(F)F)cn3)cc2)c1. The first-order chi connectivity index (χ1) is 22.5. The Morgan fingerprint density at radius 2 is 1.60 bits per heavy atom. The van der Waals surface area contributed by atoms with Crippen LogP contribution < -0.4 is 4.74 Å². The lowest BCUT2D eigenvalue weighted by atomic mass is 9.88. The summed E-state index contributed by atoms with van der Waals surface area (Å²) in [5, 5.41) is 11.1. The van der Waals surface area contributed by atoms with E-state index in [1.54, 1.807) is 37.9 Å². The number of carboxylic acid groups (broad SMARTS) is 1. The normalized spacial score (nSPS) is 12.4. The number of aryl methyl sites for hydroxylation is 1. The van der Waals surface area contributed by atoms with Crippen molar-refractivity contribution in [3.05, 3.63) is 107 Å². The van der Waals surface area contributed by atoms with Gasteiger partial charge in [0.2, 0.25) is 0 Å². The maximum absolute atomic E-state index is 12.8. The minimum Gasteiger partial charge on any atom is -0.487 e. The summed E-state index contributed by atoms with van der Waals surface area (Å²) < 4.78 is 46.6. The summed E-state index contributed by atoms with van der Waals surface area (Å²) >= 11 is 1.71. The summed E-state index contributed by atoms with van der Waals surface area (Å²) in [7, 11) is 0. The van der Waals surface area contributed by atoms with Gasteiger partial charge >= 0.3 is 12.1 Å². The Labute approximate surface area is 283 Å². The van der Waals surface area contributed by atoms with Crippen LogP contribution in [0.3, 0.4) is 0 Å². The molecule has 5 aromatic rings. The van der Waals surface area contributed by atoms with E-state index in [0.717, 1.165) is 43.9 Å². The fourth-order valence-corrected chi connectivity index (χ4v) is 6.63. The standard InChI is InChI=1S/C38H40F3N3O3S/c1-24-15-16-42-28(17-24)23-47-29-12-14-32-30(18-29)34(48-36(2,3)4)33(20-37(5,6)35(45)46)44(32)22-25-7-10-27(11-8-25)31-13-9-26(21-43-31)19-38(39,40)41/h7-18,21H,19-20,22-23H2,1-6H3,(H,45,46). The fraction of sp³-hybridized carbons (Fsp3) is 0.342. The van der Waals surface area contributed by atoms with Crippen molar-refractivity contribution < 1.29 is 27.8 Å². The van der Waals surface area contributed by atoms with Crippen LogP contribution in [0.2, 0.25) is 0 Å². The second-order valence-electron chi connectivity index (χ2n) is 13.8. The third-order valence-corrected chi connectivity index (χ3v) is 9.14. The smallest absolute Gasteiger partial charge is 0.393 e. The monoisotopic (exact) mass is 675 g/mol. The van der Waals surface area contributed by atoms with Gasteiger partial charge < -0.3 is 14.4 Å². The molecule has 0 aliphatic heterocycles. The minimum atomic E-state index is -4.29. The number of aliphatic carboxylic acids is 1. The Hall–Kier alpha value is -4.31. The summed E-state index contributed by atoms with van der Waals surface area (Å²) in [6.07, 6.45) is -1.96. The number of benzene rings is 2. The molecule has 2 aromatic carbocycles. The molecule has 0 amide bonds. The van der Waals surface area contributed by atoms with Crippen LogP contribution in [0.1, 0.15) is 62.7 Å². The molecule has 0 radical (unpaired) electrons. The molecule has 0 saturated heterocycles. The molecule has 0 aliphatic carbocycles. The van der Waals surface area contributed by atoms with Crippen LogP contribution in [0, 0.1) is 12.3 Å². The van der Waals surface area contributed by atoms with E-state index in [1.807, 2.05) is 61.5 Å². The molecule has 1 N–H and O–H groups in total. The van der Waals surface area contributed by atoms with Crippen molar-refractivity contribution in [2.45, 2.75) is 83.4 Å². The van der Waals surface area contributed by atoms with E-state index in [1.165, 1.54) is 12.3 Å². The average molecular weight is 676 g/mol. The number of thioether (sulfide) groups is 1. The predicted octanol–water partition coefficient (Wildman–Crippen LogP) is 9.68. The molecule has 6 nitrogen and oxygen atoms in total. The van der Waals surface area contributed by atoms with Gasteiger partial charge in [-0.2, -0.15) is 13.2 Å². The number of carbonyl (C=O) groups is 1. The molecule has 3 aromatic heterocycles. The summed E-state index contributed by atoms with van der Waals surface area (Å²) in [4.78, 5) is 22.1. The molecule has 3 heterocycles. The van der Waals surface area contributed by atoms with E-state index in [2.05, 4.69) is 35.3 Å². The molecule has 0 saturated carbocycles. The maximum Gasteiger partial charge on any atom is 0.393 e. The quantitative estimate of drug-likeness (QED) is 0.141. The Bertz CT molecular complexity index is 1910. The molecule has 0 bridgehead atoms. The lowest BCUT2D eigenvalue weighted by molar-refractivity contribution is -0.146. The van der Waals surface area contributed by atoms with Crippen LogP contribution in [0.5, 0.6) is 5.75 Å². The van der Waals surface area contributed by atoms with Crippen molar-refractivity contribution in [1.82, 2.24) is 14.5 Å². The van der Waals surface area contributed by atoms with Crippen LogP contribution >= 0.6 is 11.8 Å². The number of fused-ring (bicyclic) bond motifs is 1. The third kappa shape index (κ3) is 8.78. The lowest BCUT2D eigenvalue weighted by Gasteiger charge is -2.24. The van der Waals surface area contributed by atoms with Gasteiger partial charge in [-0.05, 0) is 73.9 Å². The van der Waals surface area contributed by atoms with Crippen LogP contribution in [0.15, 0.2) is 84.0 Å². The van der Waals surface area contributed by atoms with E-state index in [4.69, 9.17) is 4.74 Å². The van der Waals surface area contributed by atoms with E-state index in [9.17, 15) is 23.1 Å². The molecule has 0 unspecified atom stereocenters. The number of hydrogen-bond acceptors (Lipinski definition) is 5. The zero-order chi connectivity index (χ0) is 34.9. The summed E-state index contributed by atoms with van der Waals surface area (Å²) in [5.41, 5.74) is 5.27. The maximum atomic E-state index is 12.8. The van der Waals surface area contributed by atoms with Crippen molar-refractivity contribution >= 4 is 28.6 Å². The molecule has 0 aliphatic rings. The van der Waals surface area contributed by atoms with Gasteiger partial charge in [0, 0.05) is 57.2 Å². The Morgan fingerprint density at radius 1 is 0.896 bits per heavy atom. The molecule has 5 rings (SSSR count). The number of rotatable bonds is 11. The highest BCUT2D eigenvalue weighted by molar-refractivity contribution is 8.00. The van der Waals surface area contributed by atoms with Crippen molar-refractivity contribution in [3.8, 4) is 17.0 Å². The molecule has 0 atom stereocenters. The first kappa shape index (κ1) is 35.0. The van der Waals surface area contributed by atoms with Gasteiger partial charge in [0.25, 0.3) is 0 Å². The Morgan fingerprint density at radius 3 is 2.21 bits per heavy atom. The number of ether oxygens (including phenoxy) is 1. The van der Waals surface area contributed by atoms with Crippen molar-refractivity contribution in [2.75, 3.05) is 0 Å². The van der Waals surface area contributed by atoms with E-state index >= 15 is 0 Å². The highest BCUT2D eigenvalue weighted by Gasteiger charge is 2.33. The highest BCUT2D eigenvalue weighted by atomic mass is 32.2. The number of hydrogen-bond donors (Lipinski definition) is 1.